The number of carbonyl (C=O) groups is 1. The molecule has 36 heavy (non-hydrogen) atoms. The van der Waals surface area contributed by atoms with E-state index in [2.05, 4.69) is 20.2 Å². The molecule has 3 aliphatic rings. The van der Waals surface area contributed by atoms with Gasteiger partial charge in [0.2, 0.25) is 5.82 Å². The molecular weight excluding hydrogens is 474 g/mol. The Kier molecular flexibility index (Phi) is 9.13. The Balaban J connectivity index is 0.000000170. The van der Waals surface area contributed by atoms with Gasteiger partial charge in [0.1, 0.15) is 19.3 Å². The number of ether oxygens (including phenoxy) is 3. The van der Waals surface area contributed by atoms with E-state index in [1.165, 1.54) is 24.5 Å². The van der Waals surface area contributed by atoms with Crippen LogP contribution in [0.3, 0.4) is 0 Å². The van der Waals surface area contributed by atoms with Crippen molar-refractivity contribution in [1.29, 1.82) is 0 Å². The molecule has 0 bridgehead atoms. The van der Waals surface area contributed by atoms with E-state index >= 15 is 0 Å². The van der Waals surface area contributed by atoms with Crippen LogP contribution in [0.1, 0.15) is 25.6 Å². The lowest BCUT2D eigenvalue weighted by Gasteiger charge is -2.17. The standard InChI is InChI=1S/C14H17F2NO2.C11H15N3O3/c15-12-2-1-3-13(14(12)16)19-5-4-17-6-10-8-18-9-11(10)7-17;1-7-2-3-9(17-7)11(16)14-8-4-12-10(6-15)13-5-8/h1-3,10-11H,4-9H2;4-5,7,9,15H,2-3,6H2,1H3,(H,14,16). The number of nitrogens with zero attached hydrogens (tertiary/aromatic N) is 3. The number of fused-ring (bicyclic) bond motifs is 1. The van der Waals surface area contributed by atoms with Gasteiger partial charge in [-0.2, -0.15) is 4.39 Å². The Hall–Kier alpha value is -2.73. The topological polar surface area (TPSA) is 106 Å². The van der Waals surface area contributed by atoms with E-state index in [0.717, 1.165) is 51.8 Å². The molecule has 5 rings (SSSR count). The number of rotatable bonds is 7. The summed E-state index contributed by atoms with van der Waals surface area (Å²) >= 11 is 0. The zero-order chi connectivity index (χ0) is 25.5. The van der Waals surface area contributed by atoms with Crippen molar-refractivity contribution in [3.8, 4) is 5.75 Å². The van der Waals surface area contributed by atoms with Gasteiger partial charge >= 0.3 is 0 Å². The number of hydrogen-bond donors (Lipinski definition) is 2. The highest BCUT2D eigenvalue weighted by Gasteiger charge is 2.36. The number of halogens is 2. The molecule has 9 nitrogen and oxygen atoms in total. The molecular formula is C25H32F2N4O5. The van der Waals surface area contributed by atoms with Crippen LogP contribution in [-0.2, 0) is 20.9 Å². The van der Waals surface area contributed by atoms with Gasteiger partial charge in [0.05, 0.1) is 37.4 Å². The predicted molar refractivity (Wildman–Crippen MR) is 126 cm³/mol. The van der Waals surface area contributed by atoms with Crippen LogP contribution < -0.4 is 10.1 Å². The number of likely N-dealkylation sites (tertiary alicyclic amines) is 1. The first kappa shape index (κ1) is 26.3. The summed E-state index contributed by atoms with van der Waals surface area (Å²) < 4.78 is 42.5. The molecule has 4 heterocycles. The molecule has 1 aromatic heterocycles. The van der Waals surface area contributed by atoms with Crippen molar-refractivity contribution in [3.63, 3.8) is 0 Å². The largest absolute Gasteiger partial charge is 0.489 e. The van der Waals surface area contributed by atoms with E-state index in [1.807, 2.05) is 6.92 Å². The Morgan fingerprint density at radius 3 is 2.56 bits per heavy atom. The van der Waals surface area contributed by atoms with Gasteiger partial charge in [-0.15, -0.1) is 0 Å². The summed E-state index contributed by atoms with van der Waals surface area (Å²) in [5.41, 5.74) is 0.510. The van der Waals surface area contributed by atoms with Crippen molar-refractivity contribution in [2.75, 3.05) is 44.8 Å². The minimum Gasteiger partial charge on any atom is -0.489 e. The summed E-state index contributed by atoms with van der Waals surface area (Å²) in [6.07, 6.45) is 4.32. The lowest BCUT2D eigenvalue weighted by molar-refractivity contribution is -0.126. The van der Waals surface area contributed by atoms with Crippen LogP contribution in [-0.4, -0.2) is 77.5 Å². The van der Waals surface area contributed by atoms with Crippen molar-refractivity contribution in [1.82, 2.24) is 14.9 Å². The molecule has 1 amide bonds. The number of aromatic nitrogens is 2. The maximum absolute atomic E-state index is 13.4. The molecule has 2 N–H and O–H groups in total. The second kappa shape index (κ2) is 12.5. The van der Waals surface area contributed by atoms with Crippen LogP contribution in [0, 0.1) is 23.5 Å². The number of anilines is 1. The van der Waals surface area contributed by atoms with Crippen molar-refractivity contribution in [3.05, 3.63) is 48.1 Å². The molecule has 2 aromatic rings. The van der Waals surface area contributed by atoms with Crippen LogP contribution in [0.5, 0.6) is 5.75 Å². The summed E-state index contributed by atoms with van der Waals surface area (Å²) in [4.78, 5) is 21.8. The number of aliphatic hydroxyl groups is 1. The molecule has 4 unspecified atom stereocenters. The van der Waals surface area contributed by atoms with E-state index in [4.69, 9.17) is 19.3 Å². The fourth-order valence-electron chi connectivity index (χ4n) is 4.57. The van der Waals surface area contributed by atoms with E-state index in [1.54, 1.807) is 0 Å². The van der Waals surface area contributed by atoms with E-state index < -0.39 is 11.6 Å². The third-order valence-corrected chi connectivity index (χ3v) is 6.54. The summed E-state index contributed by atoms with van der Waals surface area (Å²) in [7, 11) is 0. The predicted octanol–water partition coefficient (Wildman–Crippen LogP) is 2.40. The number of nitrogens with one attached hydrogen (secondary N) is 1. The summed E-state index contributed by atoms with van der Waals surface area (Å²) in [6, 6.07) is 3.99. The first-order chi connectivity index (χ1) is 17.4. The minimum absolute atomic E-state index is 0.0114. The van der Waals surface area contributed by atoms with E-state index in [9.17, 15) is 13.6 Å². The minimum atomic E-state index is -0.908. The molecule has 3 saturated heterocycles. The highest BCUT2D eigenvalue weighted by atomic mass is 19.2. The third kappa shape index (κ3) is 6.94. The van der Waals surface area contributed by atoms with E-state index in [0.29, 0.717) is 30.0 Å². The Bertz CT molecular complexity index is 1000. The van der Waals surface area contributed by atoms with Crippen molar-refractivity contribution in [2.24, 2.45) is 11.8 Å². The monoisotopic (exact) mass is 506 g/mol. The molecule has 0 radical (unpaired) electrons. The van der Waals surface area contributed by atoms with Crippen LogP contribution in [0.2, 0.25) is 0 Å². The zero-order valence-electron chi connectivity index (χ0n) is 20.2. The van der Waals surface area contributed by atoms with E-state index in [-0.39, 0.29) is 30.5 Å². The number of hydrogen-bond acceptors (Lipinski definition) is 8. The highest BCUT2D eigenvalue weighted by molar-refractivity contribution is 5.94. The van der Waals surface area contributed by atoms with Gasteiger partial charge in [0, 0.05) is 31.5 Å². The fourth-order valence-corrected chi connectivity index (χ4v) is 4.57. The third-order valence-electron chi connectivity index (χ3n) is 6.54. The van der Waals surface area contributed by atoms with Gasteiger partial charge in [-0.05, 0) is 31.9 Å². The maximum atomic E-state index is 13.4. The Morgan fingerprint density at radius 1 is 1.19 bits per heavy atom. The smallest absolute Gasteiger partial charge is 0.253 e. The van der Waals surface area contributed by atoms with Gasteiger partial charge in [-0.3, -0.25) is 9.69 Å². The molecule has 0 saturated carbocycles. The maximum Gasteiger partial charge on any atom is 0.253 e. The average molecular weight is 507 g/mol. The molecule has 11 heteroatoms. The van der Waals surface area contributed by atoms with Crippen molar-refractivity contribution >= 4 is 11.6 Å². The summed E-state index contributed by atoms with van der Waals surface area (Å²) in [5.74, 6) is -0.373. The lowest BCUT2D eigenvalue weighted by Crippen LogP contribution is -2.28. The number of benzene rings is 1. The highest BCUT2D eigenvalue weighted by Crippen LogP contribution is 2.29. The Labute approximate surface area is 208 Å². The molecule has 0 spiro atoms. The van der Waals surface area contributed by atoms with Crippen LogP contribution in [0.25, 0.3) is 0 Å². The summed E-state index contributed by atoms with van der Waals surface area (Å²) in [5, 5.41) is 11.5. The van der Waals surface area contributed by atoms with Gasteiger partial charge in [0.15, 0.2) is 17.4 Å². The number of amides is 1. The normalized spacial score (nSPS) is 25.2. The first-order valence-corrected chi connectivity index (χ1v) is 12.2. The molecule has 4 atom stereocenters. The molecule has 1 aromatic carbocycles. The fraction of sp³-hybridized carbons (Fsp3) is 0.560. The molecule has 3 aliphatic heterocycles. The zero-order valence-corrected chi connectivity index (χ0v) is 20.2. The second-order valence-corrected chi connectivity index (χ2v) is 9.27. The first-order valence-electron chi connectivity index (χ1n) is 12.2. The van der Waals surface area contributed by atoms with Gasteiger partial charge < -0.3 is 24.6 Å². The molecule has 196 valence electrons. The second-order valence-electron chi connectivity index (χ2n) is 9.27. The number of carbonyl (C=O) groups excluding carboxylic acids is 1. The lowest BCUT2D eigenvalue weighted by atomic mass is 10.0. The summed E-state index contributed by atoms with van der Waals surface area (Å²) in [6.45, 7) is 6.58. The van der Waals surface area contributed by atoms with Crippen molar-refractivity contribution in [2.45, 2.75) is 38.6 Å². The molecule has 0 aliphatic carbocycles. The number of aliphatic hydroxyl groups excluding tert-OH is 1. The van der Waals surface area contributed by atoms with Crippen molar-refractivity contribution < 1.29 is 32.9 Å². The quantitative estimate of drug-likeness (QED) is 0.590. The van der Waals surface area contributed by atoms with Crippen LogP contribution in [0.4, 0.5) is 14.5 Å². The van der Waals surface area contributed by atoms with Crippen LogP contribution >= 0.6 is 0 Å². The Morgan fingerprint density at radius 2 is 1.92 bits per heavy atom. The van der Waals surface area contributed by atoms with Gasteiger partial charge in [0.25, 0.3) is 5.91 Å². The van der Waals surface area contributed by atoms with Crippen LogP contribution in [0.15, 0.2) is 30.6 Å². The van der Waals surface area contributed by atoms with Gasteiger partial charge in [-0.25, -0.2) is 14.4 Å². The molecule has 3 fully saturated rings. The average Bonchev–Trinajstić information content (AvgIpc) is 3.59. The van der Waals surface area contributed by atoms with Gasteiger partial charge in [-0.1, -0.05) is 6.07 Å². The SMILES string of the molecule is CC1CCC(C(=O)Nc2cnc(CO)nc2)O1.Fc1cccc(OCCN2CC3COCC3C2)c1F.